The number of rotatable bonds is 5. The number of carbonyl (C=O) groups is 2. The van der Waals surface area contributed by atoms with Crippen molar-refractivity contribution >= 4 is 23.6 Å². The highest BCUT2D eigenvalue weighted by molar-refractivity contribution is 6.30. The van der Waals surface area contributed by atoms with Crippen molar-refractivity contribution in [1.82, 2.24) is 10.2 Å². The molecule has 1 aromatic rings. The number of aryl methyl sites for hydroxylation is 1. The Balaban J connectivity index is 1.47. The van der Waals surface area contributed by atoms with Gasteiger partial charge in [-0.25, -0.2) is 4.79 Å². The van der Waals surface area contributed by atoms with Gasteiger partial charge in [0.1, 0.15) is 18.0 Å². The molecule has 1 saturated heterocycles. The summed E-state index contributed by atoms with van der Waals surface area (Å²) < 4.78 is 11.3. The van der Waals surface area contributed by atoms with Crippen LogP contribution in [0.4, 0.5) is 4.79 Å². The maximum atomic E-state index is 12.7. The monoisotopic (exact) mass is 422 g/mol. The van der Waals surface area contributed by atoms with Gasteiger partial charge in [0.05, 0.1) is 5.54 Å². The summed E-state index contributed by atoms with van der Waals surface area (Å²) >= 11 is 5.98. The van der Waals surface area contributed by atoms with E-state index in [9.17, 15) is 9.59 Å². The molecule has 29 heavy (non-hydrogen) atoms. The number of likely N-dealkylation sites (tertiary alicyclic amines) is 1. The van der Waals surface area contributed by atoms with Crippen molar-refractivity contribution in [2.24, 2.45) is 17.8 Å². The van der Waals surface area contributed by atoms with Crippen LogP contribution in [-0.4, -0.2) is 47.7 Å². The smallest absolute Gasteiger partial charge is 0.410 e. The number of nitrogens with one attached hydrogen (secondary N) is 1. The van der Waals surface area contributed by atoms with Crippen LogP contribution in [0.1, 0.15) is 40.2 Å². The van der Waals surface area contributed by atoms with E-state index in [2.05, 4.69) is 5.32 Å². The molecule has 0 aromatic heterocycles. The van der Waals surface area contributed by atoms with Crippen LogP contribution in [0, 0.1) is 24.7 Å². The molecule has 2 amide bonds. The first-order valence-electron chi connectivity index (χ1n) is 10.1. The Bertz CT molecular complexity index is 790. The number of nitrogens with zero attached hydrogens (tertiary/aromatic N) is 1. The van der Waals surface area contributed by atoms with E-state index < -0.39 is 11.1 Å². The molecule has 0 bridgehead atoms. The van der Waals surface area contributed by atoms with Gasteiger partial charge >= 0.3 is 6.09 Å². The summed E-state index contributed by atoms with van der Waals surface area (Å²) in [6.45, 7) is 12.9. The fourth-order valence-corrected chi connectivity index (χ4v) is 4.10. The topological polar surface area (TPSA) is 67.9 Å². The van der Waals surface area contributed by atoms with Gasteiger partial charge in [-0.3, -0.25) is 4.79 Å². The molecule has 0 spiro atoms. The summed E-state index contributed by atoms with van der Waals surface area (Å²) in [6, 6.07) is 5.48. The van der Waals surface area contributed by atoms with Gasteiger partial charge in [-0.15, -0.1) is 0 Å². The van der Waals surface area contributed by atoms with Crippen LogP contribution in [0.2, 0.25) is 5.02 Å². The van der Waals surface area contributed by atoms with Crippen molar-refractivity contribution in [3.63, 3.8) is 0 Å². The number of carbonyl (C=O) groups excluding carboxylic acids is 2. The molecule has 2 fully saturated rings. The van der Waals surface area contributed by atoms with Crippen molar-refractivity contribution in [2.75, 3.05) is 19.7 Å². The summed E-state index contributed by atoms with van der Waals surface area (Å²) in [5.41, 5.74) is -0.0588. The Hall–Kier alpha value is -1.95. The zero-order chi connectivity index (χ0) is 21.6. The molecule has 6 nitrogen and oxygen atoms in total. The van der Waals surface area contributed by atoms with Crippen molar-refractivity contribution in [2.45, 2.75) is 52.7 Å². The second-order valence-electron chi connectivity index (χ2n) is 9.81. The van der Waals surface area contributed by atoms with Crippen molar-refractivity contribution < 1.29 is 19.1 Å². The minimum atomic E-state index is -0.509. The highest BCUT2D eigenvalue weighted by Gasteiger charge is 2.61. The van der Waals surface area contributed by atoms with E-state index in [0.717, 1.165) is 11.3 Å². The summed E-state index contributed by atoms with van der Waals surface area (Å²) in [4.78, 5) is 26.6. The zero-order valence-electron chi connectivity index (χ0n) is 18.0. The number of fused-ring (bicyclic) bond motifs is 1. The average Bonchev–Trinajstić information content (AvgIpc) is 3.06. The van der Waals surface area contributed by atoms with Crippen molar-refractivity contribution in [1.29, 1.82) is 0 Å². The lowest BCUT2D eigenvalue weighted by atomic mass is 10.1. The molecule has 1 N–H and O–H groups in total. The third-order valence-corrected chi connectivity index (χ3v) is 5.57. The van der Waals surface area contributed by atoms with E-state index in [4.69, 9.17) is 21.1 Å². The first kappa shape index (κ1) is 21.8. The van der Waals surface area contributed by atoms with Crippen LogP contribution in [-0.2, 0) is 9.53 Å². The van der Waals surface area contributed by atoms with Crippen molar-refractivity contribution in [3.05, 3.63) is 28.8 Å². The SMILES string of the molecule is Cc1cc(Cl)ccc1OCC(C)(C)NC(=O)C1C2CN(C(=O)OC(C)(C)C)CC21. The van der Waals surface area contributed by atoms with Crippen LogP contribution < -0.4 is 10.1 Å². The molecule has 7 heteroatoms. The van der Waals surface area contributed by atoms with Gasteiger partial charge < -0.3 is 19.7 Å². The summed E-state index contributed by atoms with van der Waals surface area (Å²) in [7, 11) is 0. The summed E-state index contributed by atoms with van der Waals surface area (Å²) in [6.07, 6.45) is -0.295. The average molecular weight is 423 g/mol. The largest absolute Gasteiger partial charge is 0.491 e. The minimum Gasteiger partial charge on any atom is -0.491 e. The first-order valence-corrected chi connectivity index (χ1v) is 10.4. The molecule has 1 aliphatic heterocycles. The molecular formula is C22H31ClN2O4. The van der Waals surface area contributed by atoms with Crippen LogP contribution in [0.3, 0.4) is 0 Å². The minimum absolute atomic E-state index is 0.0327. The van der Waals surface area contributed by atoms with Gasteiger partial charge in [-0.2, -0.15) is 0 Å². The van der Waals surface area contributed by atoms with Crippen LogP contribution >= 0.6 is 11.6 Å². The number of amides is 2. The van der Waals surface area contributed by atoms with E-state index in [1.807, 2.05) is 53.7 Å². The fourth-order valence-electron chi connectivity index (χ4n) is 3.88. The Morgan fingerprint density at radius 3 is 2.34 bits per heavy atom. The predicted octanol–water partition coefficient (Wildman–Crippen LogP) is 4.03. The Kier molecular flexibility index (Phi) is 5.78. The Labute approximate surface area is 177 Å². The Morgan fingerprint density at radius 2 is 1.79 bits per heavy atom. The molecule has 1 saturated carbocycles. The molecule has 0 radical (unpaired) electrons. The number of halogens is 1. The van der Waals surface area contributed by atoms with Gasteiger partial charge in [0.2, 0.25) is 5.91 Å². The molecule has 2 atom stereocenters. The highest BCUT2D eigenvalue weighted by atomic mass is 35.5. The van der Waals surface area contributed by atoms with E-state index in [0.29, 0.717) is 24.7 Å². The van der Waals surface area contributed by atoms with Gasteiger partial charge in [0.25, 0.3) is 0 Å². The maximum absolute atomic E-state index is 12.7. The third kappa shape index (κ3) is 5.35. The summed E-state index contributed by atoms with van der Waals surface area (Å²) in [5, 5.41) is 3.78. The first-order chi connectivity index (χ1) is 13.4. The lowest BCUT2D eigenvalue weighted by Crippen LogP contribution is -2.49. The quantitative estimate of drug-likeness (QED) is 0.777. The fraction of sp³-hybridized carbons (Fsp3) is 0.636. The van der Waals surface area contributed by atoms with E-state index >= 15 is 0 Å². The number of hydrogen-bond donors (Lipinski definition) is 1. The van der Waals surface area contributed by atoms with Crippen molar-refractivity contribution in [3.8, 4) is 5.75 Å². The Morgan fingerprint density at radius 1 is 1.17 bits per heavy atom. The van der Waals surface area contributed by atoms with Crippen LogP contribution in [0.25, 0.3) is 0 Å². The molecule has 3 rings (SSSR count). The van der Waals surface area contributed by atoms with Gasteiger partial charge in [0.15, 0.2) is 0 Å². The molecule has 160 valence electrons. The van der Waals surface area contributed by atoms with Crippen LogP contribution in [0.15, 0.2) is 18.2 Å². The number of hydrogen-bond acceptors (Lipinski definition) is 4. The molecular weight excluding hydrogens is 392 g/mol. The molecule has 1 aromatic carbocycles. The second-order valence-corrected chi connectivity index (χ2v) is 10.2. The van der Waals surface area contributed by atoms with Gasteiger partial charge in [-0.05, 0) is 77.1 Å². The van der Waals surface area contributed by atoms with Gasteiger partial charge in [0, 0.05) is 24.0 Å². The van der Waals surface area contributed by atoms with Gasteiger partial charge in [-0.1, -0.05) is 11.6 Å². The predicted molar refractivity (Wildman–Crippen MR) is 112 cm³/mol. The lowest BCUT2D eigenvalue weighted by molar-refractivity contribution is -0.125. The standard InChI is InChI=1S/C22H31ClN2O4/c1-13-9-14(23)7-8-17(13)28-12-22(5,6)24-19(26)18-15-10-25(11-16(15)18)20(27)29-21(2,3)4/h7-9,15-16,18H,10-12H2,1-6H3,(H,24,26). The second kappa shape index (κ2) is 7.71. The van der Waals surface area contributed by atoms with E-state index in [-0.39, 0.29) is 29.8 Å². The normalized spacial score (nSPS) is 23.4. The maximum Gasteiger partial charge on any atom is 0.410 e. The summed E-state index contributed by atoms with van der Waals surface area (Å²) in [5.74, 6) is 1.19. The zero-order valence-corrected chi connectivity index (χ0v) is 18.8. The lowest BCUT2D eigenvalue weighted by Gasteiger charge is -2.28. The molecule has 1 heterocycles. The number of benzene rings is 1. The number of piperidine rings is 1. The molecule has 2 unspecified atom stereocenters. The molecule has 1 aliphatic carbocycles. The third-order valence-electron chi connectivity index (χ3n) is 5.34. The molecule has 2 aliphatic rings. The number of ether oxygens (including phenoxy) is 2. The van der Waals surface area contributed by atoms with Crippen LogP contribution in [0.5, 0.6) is 5.75 Å². The van der Waals surface area contributed by atoms with E-state index in [1.165, 1.54) is 0 Å². The highest BCUT2D eigenvalue weighted by Crippen LogP contribution is 2.52. The van der Waals surface area contributed by atoms with E-state index in [1.54, 1.807) is 11.0 Å².